The molecule has 0 spiro atoms. The Kier molecular flexibility index (Phi) is 4.47. The fourth-order valence-corrected chi connectivity index (χ4v) is 2.66. The number of nitrogens with zero attached hydrogens (tertiary/aromatic N) is 2. The first-order chi connectivity index (χ1) is 11.9. The largest absolute Gasteiger partial charge is 0.481 e. The van der Waals surface area contributed by atoms with Crippen molar-refractivity contribution in [3.05, 3.63) is 63.7 Å². The number of benzene rings is 1. The maximum Gasteiger partial charge on any atom is 0.309 e. The number of aromatic nitrogens is 3. The molecule has 128 valence electrons. The van der Waals surface area contributed by atoms with Gasteiger partial charge in [-0.1, -0.05) is 11.6 Å². The van der Waals surface area contributed by atoms with Crippen LogP contribution < -0.4 is 10.9 Å². The molecule has 2 heterocycles. The molecule has 0 aliphatic rings. The van der Waals surface area contributed by atoms with E-state index in [4.69, 9.17) is 5.11 Å². The van der Waals surface area contributed by atoms with Crippen molar-refractivity contribution in [1.29, 1.82) is 0 Å². The van der Waals surface area contributed by atoms with Crippen molar-refractivity contribution in [2.24, 2.45) is 0 Å². The predicted molar refractivity (Wildman–Crippen MR) is 94.7 cm³/mol. The minimum Gasteiger partial charge on any atom is -0.481 e. The third-order valence-electron chi connectivity index (χ3n) is 3.89. The molecule has 25 heavy (non-hydrogen) atoms. The van der Waals surface area contributed by atoms with Crippen LogP contribution in [0.15, 0.2) is 41.3 Å². The van der Waals surface area contributed by atoms with E-state index >= 15 is 0 Å². The first-order valence-electron chi connectivity index (χ1n) is 7.86. The highest BCUT2D eigenvalue weighted by Gasteiger charge is 2.13. The van der Waals surface area contributed by atoms with Gasteiger partial charge in [-0.15, -0.1) is 0 Å². The Morgan fingerprint density at radius 1 is 1.32 bits per heavy atom. The first kappa shape index (κ1) is 16.6. The number of aromatic amines is 1. The molecular formula is C18H18N4O3. The van der Waals surface area contributed by atoms with Crippen LogP contribution in [0.2, 0.25) is 0 Å². The summed E-state index contributed by atoms with van der Waals surface area (Å²) in [5.74, 6) is -0.672. The normalized spacial score (nSPS) is 12.1. The van der Waals surface area contributed by atoms with E-state index in [2.05, 4.69) is 20.3 Å². The molecule has 2 aromatic heterocycles. The van der Waals surface area contributed by atoms with Crippen molar-refractivity contribution in [2.45, 2.75) is 26.3 Å². The maximum atomic E-state index is 12.3. The zero-order valence-electron chi connectivity index (χ0n) is 13.9. The van der Waals surface area contributed by atoms with Crippen molar-refractivity contribution in [3.8, 4) is 0 Å². The summed E-state index contributed by atoms with van der Waals surface area (Å²) in [6.45, 7) is 3.83. The van der Waals surface area contributed by atoms with Crippen molar-refractivity contribution in [1.82, 2.24) is 15.0 Å². The average Bonchev–Trinajstić information content (AvgIpc) is 2.54. The lowest BCUT2D eigenvalue weighted by Gasteiger charge is -2.14. The highest BCUT2D eigenvalue weighted by atomic mass is 16.4. The molecule has 1 atom stereocenters. The fraction of sp³-hybridized carbons (Fsp3) is 0.222. The van der Waals surface area contributed by atoms with E-state index in [1.165, 1.54) is 6.20 Å². The van der Waals surface area contributed by atoms with Gasteiger partial charge in [-0.2, -0.15) is 0 Å². The van der Waals surface area contributed by atoms with Crippen molar-refractivity contribution < 1.29 is 9.90 Å². The number of hydrogen-bond donors (Lipinski definition) is 3. The van der Waals surface area contributed by atoms with Gasteiger partial charge in [0.1, 0.15) is 0 Å². The Morgan fingerprint density at radius 2 is 2.12 bits per heavy atom. The maximum absolute atomic E-state index is 12.3. The zero-order chi connectivity index (χ0) is 18.0. The summed E-state index contributed by atoms with van der Waals surface area (Å²) in [5, 5.41) is 12.9. The van der Waals surface area contributed by atoms with Crippen LogP contribution in [-0.2, 0) is 11.2 Å². The number of fused-ring (bicyclic) bond motifs is 1. The van der Waals surface area contributed by atoms with Crippen LogP contribution in [0.5, 0.6) is 0 Å². The predicted octanol–water partition coefficient (Wildman–Crippen LogP) is 2.43. The first-order valence-corrected chi connectivity index (χ1v) is 7.86. The lowest BCUT2D eigenvalue weighted by Crippen LogP contribution is -2.20. The van der Waals surface area contributed by atoms with Gasteiger partial charge in [0.15, 0.2) is 0 Å². The Bertz CT molecular complexity index is 997. The van der Waals surface area contributed by atoms with E-state index in [0.717, 1.165) is 16.5 Å². The molecule has 0 saturated carbocycles. The summed E-state index contributed by atoms with van der Waals surface area (Å²) in [6, 6.07) is 8.89. The summed E-state index contributed by atoms with van der Waals surface area (Å²) < 4.78 is 0. The topological polar surface area (TPSA) is 108 Å². The van der Waals surface area contributed by atoms with E-state index in [1.807, 2.05) is 38.1 Å². The van der Waals surface area contributed by atoms with Crippen LogP contribution in [-0.4, -0.2) is 26.0 Å². The quantitative estimate of drug-likeness (QED) is 0.659. The summed E-state index contributed by atoms with van der Waals surface area (Å²) in [7, 11) is 0. The standard InChI is InChI=1S/C18H18N4O3/c1-10-3-4-15-12(7-10)8-14(17(25)22-15)11(2)20-18-19-6-5-13(21-18)9-16(23)24/h3-8,11H,9H2,1-2H3,(H,22,25)(H,23,24)(H,19,20,21)/t11-/m0/s1. The van der Waals surface area contributed by atoms with Gasteiger partial charge in [0.05, 0.1) is 18.2 Å². The van der Waals surface area contributed by atoms with Crippen molar-refractivity contribution in [3.63, 3.8) is 0 Å². The van der Waals surface area contributed by atoms with Crippen LogP contribution in [0.4, 0.5) is 5.95 Å². The molecule has 7 heteroatoms. The molecular weight excluding hydrogens is 320 g/mol. The van der Waals surface area contributed by atoms with Crippen molar-refractivity contribution in [2.75, 3.05) is 5.32 Å². The molecule has 0 aliphatic carbocycles. The van der Waals surface area contributed by atoms with E-state index in [9.17, 15) is 9.59 Å². The van der Waals surface area contributed by atoms with Gasteiger partial charge in [0.25, 0.3) is 5.56 Å². The number of hydrogen-bond acceptors (Lipinski definition) is 5. The Labute approximate surface area is 143 Å². The molecule has 0 fully saturated rings. The van der Waals surface area contributed by atoms with Gasteiger partial charge in [-0.25, -0.2) is 9.97 Å². The highest BCUT2D eigenvalue weighted by Crippen LogP contribution is 2.19. The third-order valence-corrected chi connectivity index (χ3v) is 3.89. The molecule has 0 amide bonds. The van der Waals surface area contributed by atoms with Crippen LogP contribution in [0.1, 0.15) is 29.8 Å². The third kappa shape index (κ3) is 3.82. The fourth-order valence-electron chi connectivity index (χ4n) is 2.66. The summed E-state index contributed by atoms with van der Waals surface area (Å²) in [4.78, 5) is 34.3. The molecule has 0 bridgehead atoms. The van der Waals surface area contributed by atoms with Gasteiger partial charge >= 0.3 is 5.97 Å². The molecule has 0 radical (unpaired) electrons. The van der Waals surface area contributed by atoms with E-state index in [1.54, 1.807) is 6.07 Å². The number of H-pyrrole nitrogens is 1. The van der Waals surface area contributed by atoms with Crippen LogP contribution in [0.3, 0.4) is 0 Å². The average molecular weight is 338 g/mol. The SMILES string of the molecule is Cc1ccc2[nH]c(=O)c([C@H](C)Nc3nccc(CC(=O)O)n3)cc2c1. The molecule has 3 aromatic rings. The smallest absolute Gasteiger partial charge is 0.309 e. The monoisotopic (exact) mass is 338 g/mol. The molecule has 1 aromatic carbocycles. The van der Waals surface area contributed by atoms with Crippen LogP contribution in [0.25, 0.3) is 10.9 Å². The molecule has 7 nitrogen and oxygen atoms in total. The number of pyridine rings is 1. The Morgan fingerprint density at radius 3 is 2.88 bits per heavy atom. The number of aliphatic carboxylic acids is 1. The number of carboxylic acids is 1. The second kappa shape index (κ2) is 6.72. The lowest BCUT2D eigenvalue weighted by atomic mass is 10.1. The molecule has 0 saturated heterocycles. The zero-order valence-corrected chi connectivity index (χ0v) is 13.9. The molecule has 0 aliphatic heterocycles. The number of nitrogens with one attached hydrogen (secondary N) is 2. The molecule has 3 rings (SSSR count). The number of anilines is 1. The van der Waals surface area contributed by atoms with E-state index in [-0.39, 0.29) is 24.0 Å². The van der Waals surface area contributed by atoms with Gasteiger partial charge in [0.2, 0.25) is 5.95 Å². The number of carboxylic acid groups (broad SMARTS) is 1. The van der Waals surface area contributed by atoms with Crippen LogP contribution >= 0.6 is 0 Å². The van der Waals surface area contributed by atoms with E-state index in [0.29, 0.717) is 11.3 Å². The summed E-state index contributed by atoms with van der Waals surface area (Å²) in [6.07, 6.45) is 1.32. The lowest BCUT2D eigenvalue weighted by molar-refractivity contribution is -0.136. The van der Waals surface area contributed by atoms with Gasteiger partial charge in [-0.05, 0) is 43.5 Å². The van der Waals surface area contributed by atoms with Gasteiger partial charge in [-0.3, -0.25) is 9.59 Å². The van der Waals surface area contributed by atoms with Crippen molar-refractivity contribution >= 4 is 22.8 Å². The van der Waals surface area contributed by atoms with Crippen LogP contribution in [0, 0.1) is 6.92 Å². The second-order valence-corrected chi connectivity index (χ2v) is 5.95. The minimum atomic E-state index is -0.959. The van der Waals surface area contributed by atoms with E-state index < -0.39 is 5.97 Å². The molecule has 0 unspecified atom stereocenters. The summed E-state index contributed by atoms with van der Waals surface area (Å²) in [5.41, 5.74) is 2.67. The highest BCUT2D eigenvalue weighted by molar-refractivity contribution is 5.79. The second-order valence-electron chi connectivity index (χ2n) is 5.95. The number of aryl methyl sites for hydroxylation is 1. The Balaban J connectivity index is 1.89. The number of carbonyl (C=O) groups is 1. The number of rotatable bonds is 5. The minimum absolute atomic E-state index is 0.179. The Hall–Kier alpha value is -3.22. The van der Waals surface area contributed by atoms with Gasteiger partial charge in [0, 0.05) is 17.3 Å². The summed E-state index contributed by atoms with van der Waals surface area (Å²) >= 11 is 0. The van der Waals surface area contributed by atoms with Gasteiger partial charge < -0.3 is 15.4 Å². The molecule has 3 N–H and O–H groups in total.